The monoisotopic (exact) mass is 478 g/mol. The molecular weight excluding hydrogens is 448 g/mol. The number of hydrogen-bond acceptors (Lipinski definition) is 5. The second-order valence-electron chi connectivity index (χ2n) is 8.82. The Labute approximate surface area is 204 Å². The van der Waals surface area contributed by atoms with Crippen molar-refractivity contribution in [3.8, 4) is 5.75 Å². The molecule has 3 N–H and O–H groups in total. The lowest BCUT2D eigenvalue weighted by Crippen LogP contribution is -2.45. The lowest BCUT2D eigenvalue weighted by Gasteiger charge is -2.25. The molecule has 2 fully saturated rings. The predicted octanol–water partition coefficient (Wildman–Crippen LogP) is 1.86. The summed E-state index contributed by atoms with van der Waals surface area (Å²) in [7, 11) is 0. The van der Waals surface area contributed by atoms with Gasteiger partial charge in [-0.25, -0.2) is 4.79 Å². The highest BCUT2D eigenvalue weighted by molar-refractivity contribution is 6.09. The van der Waals surface area contributed by atoms with Gasteiger partial charge >= 0.3 is 6.03 Å². The van der Waals surface area contributed by atoms with Gasteiger partial charge in [-0.1, -0.05) is 49.4 Å². The maximum atomic E-state index is 13.1. The summed E-state index contributed by atoms with van der Waals surface area (Å²) in [6, 6.07) is 16.1. The fraction of sp³-hybridized carbons (Fsp3) is 0.385. The van der Waals surface area contributed by atoms with E-state index in [0.717, 1.165) is 23.3 Å². The van der Waals surface area contributed by atoms with Crippen molar-refractivity contribution in [1.29, 1.82) is 0 Å². The average molecular weight is 479 g/mol. The van der Waals surface area contributed by atoms with E-state index in [9.17, 15) is 19.2 Å². The van der Waals surface area contributed by atoms with Gasteiger partial charge in [-0.2, -0.15) is 0 Å². The Bertz CT molecular complexity index is 1080. The normalized spacial score (nSPS) is 19.3. The number of nitrogens with zero attached hydrogens (tertiary/aromatic N) is 1. The zero-order valence-electron chi connectivity index (χ0n) is 19.7. The number of urea groups is 1. The van der Waals surface area contributed by atoms with Crippen LogP contribution in [0.2, 0.25) is 0 Å². The van der Waals surface area contributed by atoms with Crippen molar-refractivity contribution >= 4 is 23.8 Å². The van der Waals surface area contributed by atoms with Crippen LogP contribution in [0, 0.1) is 0 Å². The molecule has 1 unspecified atom stereocenters. The van der Waals surface area contributed by atoms with Crippen LogP contribution in [-0.2, 0) is 26.3 Å². The number of rotatable bonds is 11. The molecule has 35 heavy (non-hydrogen) atoms. The van der Waals surface area contributed by atoms with Gasteiger partial charge in [-0.3, -0.25) is 19.3 Å². The molecule has 4 rings (SSSR count). The maximum absolute atomic E-state index is 13.1. The molecule has 0 radical (unpaired) electrons. The van der Waals surface area contributed by atoms with Crippen molar-refractivity contribution in [3.05, 3.63) is 65.7 Å². The lowest BCUT2D eigenvalue weighted by atomic mass is 9.87. The van der Waals surface area contributed by atoms with Gasteiger partial charge in [0.2, 0.25) is 5.91 Å². The largest absolute Gasteiger partial charge is 0.484 e. The smallest absolute Gasteiger partial charge is 0.325 e. The Morgan fingerprint density at radius 1 is 1.06 bits per heavy atom. The van der Waals surface area contributed by atoms with Gasteiger partial charge in [-0.15, -0.1) is 0 Å². The number of ether oxygens (including phenoxy) is 1. The van der Waals surface area contributed by atoms with E-state index in [1.54, 1.807) is 24.3 Å². The molecule has 0 aromatic heterocycles. The van der Waals surface area contributed by atoms with E-state index < -0.39 is 23.4 Å². The summed E-state index contributed by atoms with van der Waals surface area (Å²) in [5.74, 6) is -0.354. The molecule has 1 saturated heterocycles. The fourth-order valence-corrected chi connectivity index (χ4v) is 4.08. The second-order valence-corrected chi connectivity index (χ2v) is 8.82. The first kappa shape index (κ1) is 24.3. The number of nitrogens with one attached hydrogen (secondary N) is 3. The van der Waals surface area contributed by atoms with E-state index in [2.05, 4.69) is 16.0 Å². The van der Waals surface area contributed by atoms with Crippen molar-refractivity contribution in [2.45, 2.75) is 44.2 Å². The summed E-state index contributed by atoms with van der Waals surface area (Å²) in [4.78, 5) is 50.8. The number of imide groups is 1. The van der Waals surface area contributed by atoms with Gasteiger partial charge in [0.05, 0.1) is 0 Å². The summed E-state index contributed by atoms with van der Waals surface area (Å²) >= 11 is 0. The molecule has 1 atom stereocenters. The van der Waals surface area contributed by atoms with Crippen molar-refractivity contribution in [2.75, 3.05) is 19.7 Å². The predicted molar refractivity (Wildman–Crippen MR) is 128 cm³/mol. The zero-order chi connectivity index (χ0) is 24.8. The van der Waals surface area contributed by atoms with E-state index in [1.165, 1.54) is 0 Å². The molecule has 2 aliphatic rings. The van der Waals surface area contributed by atoms with Crippen LogP contribution in [0.25, 0.3) is 0 Å². The van der Waals surface area contributed by atoms with Crippen LogP contribution < -0.4 is 20.7 Å². The van der Waals surface area contributed by atoms with Gasteiger partial charge in [0.15, 0.2) is 6.61 Å². The Kier molecular flexibility index (Phi) is 7.33. The molecule has 1 aliphatic carbocycles. The second kappa shape index (κ2) is 10.6. The highest BCUT2D eigenvalue weighted by Gasteiger charge is 2.51. The van der Waals surface area contributed by atoms with E-state index in [4.69, 9.17) is 4.74 Å². The molecule has 5 amide bonds. The summed E-state index contributed by atoms with van der Waals surface area (Å²) in [5.41, 5.74) is 0.518. The molecule has 0 spiro atoms. The van der Waals surface area contributed by atoms with Gasteiger partial charge in [0, 0.05) is 12.6 Å². The number of carbonyl (C=O) groups is 4. The summed E-state index contributed by atoms with van der Waals surface area (Å²) < 4.78 is 5.49. The maximum Gasteiger partial charge on any atom is 0.325 e. The van der Waals surface area contributed by atoms with Crippen molar-refractivity contribution in [3.63, 3.8) is 0 Å². The van der Waals surface area contributed by atoms with Crippen LogP contribution in [0.3, 0.4) is 0 Å². The van der Waals surface area contributed by atoms with Crippen LogP contribution in [0.5, 0.6) is 5.75 Å². The molecule has 1 saturated carbocycles. The Morgan fingerprint density at radius 3 is 2.43 bits per heavy atom. The third kappa shape index (κ3) is 5.79. The molecule has 1 aliphatic heterocycles. The van der Waals surface area contributed by atoms with E-state index in [-0.39, 0.29) is 19.1 Å². The Balaban J connectivity index is 1.23. The molecule has 2 aromatic rings. The minimum atomic E-state index is -1.15. The molecular formula is C26H30N4O5. The molecule has 9 heteroatoms. The van der Waals surface area contributed by atoms with Crippen LogP contribution in [0.1, 0.15) is 37.3 Å². The minimum Gasteiger partial charge on any atom is -0.484 e. The van der Waals surface area contributed by atoms with Crippen molar-refractivity contribution in [1.82, 2.24) is 20.9 Å². The fourth-order valence-electron chi connectivity index (χ4n) is 4.08. The minimum absolute atomic E-state index is 0.0156. The number of amides is 5. The average Bonchev–Trinajstić information content (AvgIpc) is 3.65. The van der Waals surface area contributed by atoms with Gasteiger partial charge in [0.1, 0.15) is 17.8 Å². The summed E-state index contributed by atoms with van der Waals surface area (Å²) in [6.07, 6.45) is 3.01. The third-order valence-corrected chi connectivity index (χ3v) is 6.25. The van der Waals surface area contributed by atoms with Crippen molar-refractivity contribution in [2.24, 2.45) is 0 Å². The van der Waals surface area contributed by atoms with Gasteiger partial charge in [-0.05, 0) is 48.9 Å². The topological polar surface area (TPSA) is 117 Å². The summed E-state index contributed by atoms with van der Waals surface area (Å²) in [6.45, 7) is 1.82. The highest BCUT2D eigenvalue weighted by Crippen LogP contribution is 2.32. The van der Waals surface area contributed by atoms with Crippen LogP contribution in [0.15, 0.2) is 54.6 Å². The first-order chi connectivity index (χ1) is 16.9. The Hall–Kier alpha value is -3.88. The number of hydrogen-bond donors (Lipinski definition) is 3. The number of carbonyl (C=O) groups excluding carboxylic acids is 4. The molecule has 0 bridgehead atoms. The van der Waals surface area contributed by atoms with E-state index in [0.29, 0.717) is 36.7 Å². The van der Waals surface area contributed by atoms with Gasteiger partial charge in [0.25, 0.3) is 11.8 Å². The molecule has 2 aromatic carbocycles. The molecule has 1 heterocycles. The third-order valence-electron chi connectivity index (χ3n) is 6.25. The number of benzene rings is 2. The SMILES string of the molecule is CCC1(c2ccccc2)NC(=O)N(CC(=O)NCCc2ccc(OCC(=O)NC3CC3)cc2)C1=O. The van der Waals surface area contributed by atoms with Crippen LogP contribution >= 0.6 is 0 Å². The van der Waals surface area contributed by atoms with Gasteiger partial charge < -0.3 is 20.7 Å². The highest BCUT2D eigenvalue weighted by atomic mass is 16.5. The van der Waals surface area contributed by atoms with E-state index in [1.807, 2.05) is 37.3 Å². The van der Waals surface area contributed by atoms with Crippen LogP contribution in [-0.4, -0.2) is 54.4 Å². The first-order valence-corrected chi connectivity index (χ1v) is 11.9. The quantitative estimate of drug-likeness (QED) is 0.426. The Morgan fingerprint density at radius 2 is 1.77 bits per heavy atom. The molecule has 9 nitrogen and oxygen atoms in total. The zero-order valence-corrected chi connectivity index (χ0v) is 19.7. The van der Waals surface area contributed by atoms with Crippen LogP contribution in [0.4, 0.5) is 4.79 Å². The van der Waals surface area contributed by atoms with E-state index >= 15 is 0 Å². The summed E-state index contributed by atoms with van der Waals surface area (Å²) in [5, 5.41) is 8.41. The lowest BCUT2D eigenvalue weighted by molar-refractivity contribution is -0.135. The molecule has 184 valence electrons. The standard InChI is InChI=1S/C26H30N4O5/c1-2-26(19-6-4-3-5-7-19)24(33)30(25(34)29-26)16-22(31)27-15-14-18-8-12-21(13-9-18)35-17-23(32)28-20-10-11-20/h3-9,12-13,20H,2,10-11,14-17H2,1H3,(H,27,31)(H,28,32)(H,29,34). The van der Waals surface area contributed by atoms with Crippen molar-refractivity contribution < 1.29 is 23.9 Å². The first-order valence-electron chi connectivity index (χ1n) is 11.9.